The summed E-state index contributed by atoms with van der Waals surface area (Å²) in [4.78, 5) is 11.5. The quantitative estimate of drug-likeness (QED) is 0.757. The summed E-state index contributed by atoms with van der Waals surface area (Å²) in [6.07, 6.45) is 0. The monoisotopic (exact) mass is 206 g/mol. The number of Topliss-reactive ketones (excluding diaryl/α,β-unsaturated/α-hetero) is 1. The van der Waals surface area contributed by atoms with Crippen LogP contribution in [0, 0.1) is 0 Å². The molecule has 0 spiro atoms. The van der Waals surface area contributed by atoms with Gasteiger partial charge in [0, 0.05) is 5.41 Å². The van der Waals surface area contributed by atoms with Gasteiger partial charge in [-0.15, -0.1) is 0 Å². The largest absolute Gasteiger partial charge is 0.494 e. The van der Waals surface area contributed by atoms with Crippen molar-refractivity contribution in [3.8, 4) is 5.75 Å². The average molecular weight is 206 g/mol. The minimum absolute atomic E-state index is 0.163. The molecule has 1 aromatic rings. The normalized spacial score (nSPS) is 11.2. The van der Waals surface area contributed by atoms with E-state index in [1.54, 1.807) is 6.92 Å². The molecule has 0 unspecified atom stereocenters. The third-order valence-electron chi connectivity index (χ3n) is 2.75. The molecule has 2 heteroatoms. The zero-order chi connectivity index (χ0) is 11.5. The lowest BCUT2D eigenvalue weighted by molar-refractivity contribution is -0.121. The maximum atomic E-state index is 11.5. The van der Waals surface area contributed by atoms with Crippen LogP contribution in [0.25, 0.3) is 0 Å². The first-order valence-electron chi connectivity index (χ1n) is 5.23. The van der Waals surface area contributed by atoms with Gasteiger partial charge in [-0.2, -0.15) is 0 Å². The van der Waals surface area contributed by atoms with Gasteiger partial charge in [0.15, 0.2) is 0 Å². The van der Waals surface area contributed by atoms with E-state index in [4.69, 9.17) is 4.74 Å². The molecule has 82 valence electrons. The van der Waals surface area contributed by atoms with Crippen molar-refractivity contribution in [2.45, 2.75) is 33.1 Å². The summed E-state index contributed by atoms with van der Waals surface area (Å²) in [6.45, 7) is 8.07. The van der Waals surface area contributed by atoms with Gasteiger partial charge in [0.2, 0.25) is 0 Å². The zero-order valence-electron chi connectivity index (χ0n) is 9.83. The van der Waals surface area contributed by atoms with E-state index in [0.29, 0.717) is 6.61 Å². The number of hydrogen-bond acceptors (Lipinski definition) is 2. The van der Waals surface area contributed by atoms with Crippen LogP contribution < -0.4 is 4.74 Å². The number of hydrogen-bond donors (Lipinski definition) is 0. The van der Waals surface area contributed by atoms with Crippen molar-refractivity contribution in [3.05, 3.63) is 29.8 Å². The Kier molecular flexibility index (Phi) is 3.51. The average Bonchev–Trinajstić information content (AvgIpc) is 2.18. The highest BCUT2D eigenvalue weighted by atomic mass is 16.5. The van der Waals surface area contributed by atoms with E-state index in [-0.39, 0.29) is 5.78 Å². The van der Waals surface area contributed by atoms with E-state index in [1.165, 1.54) is 0 Å². The highest BCUT2D eigenvalue weighted by molar-refractivity contribution is 5.87. The molecule has 0 atom stereocenters. The Bertz CT molecular complexity index is 353. The Morgan fingerprint density at radius 1 is 1.40 bits per heavy atom. The molecule has 2 nitrogen and oxygen atoms in total. The lowest BCUT2D eigenvalue weighted by Crippen LogP contribution is -2.26. The van der Waals surface area contributed by atoms with Gasteiger partial charge in [0.25, 0.3) is 0 Å². The number of ether oxygens (including phenoxy) is 1. The molecule has 0 aliphatic heterocycles. The molecule has 0 radical (unpaired) electrons. The molecular formula is C13H18O2. The van der Waals surface area contributed by atoms with Crippen molar-refractivity contribution in [3.63, 3.8) is 0 Å². The van der Waals surface area contributed by atoms with Crippen LogP contribution in [0.4, 0.5) is 0 Å². The molecule has 15 heavy (non-hydrogen) atoms. The molecule has 0 fully saturated rings. The van der Waals surface area contributed by atoms with E-state index < -0.39 is 5.41 Å². The predicted octanol–water partition coefficient (Wildman–Crippen LogP) is 2.95. The van der Waals surface area contributed by atoms with Crippen LogP contribution in [0.2, 0.25) is 0 Å². The first kappa shape index (κ1) is 11.8. The highest BCUT2D eigenvalue weighted by Gasteiger charge is 2.26. The number of ketones is 1. The Hall–Kier alpha value is -1.31. The Morgan fingerprint density at radius 2 is 2.07 bits per heavy atom. The molecule has 0 amide bonds. The van der Waals surface area contributed by atoms with Gasteiger partial charge >= 0.3 is 0 Å². The van der Waals surface area contributed by atoms with Crippen molar-refractivity contribution in [1.82, 2.24) is 0 Å². The summed E-state index contributed by atoms with van der Waals surface area (Å²) in [6, 6.07) is 7.73. The van der Waals surface area contributed by atoms with Crippen molar-refractivity contribution in [2.24, 2.45) is 0 Å². The summed E-state index contributed by atoms with van der Waals surface area (Å²) in [7, 11) is 0. The van der Waals surface area contributed by atoms with Crippen LogP contribution in [0.1, 0.15) is 33.3 Å². The van der Waals surface area contributed by atoms with Crippen LogP contribution in [-0.2, 0) is 10.2 Å². The molecule has 1 aromatic carbocycles. The number of benzene rings is 1. The number of carbonyl (C=O) groups is 1. The van der Waals surface area contributed by atoms with Crippen LogP contribution in [0.3, 0.4) is 0 Å². The van der Waals surface area contributed by atoms with E-state index in [2.05, 4.69) is 0 Å². The first-order chi connectivity index (χ1) is 6.98. The Labute approximate surface area is 91.3 Å². The molecular weight excluding hydrogens is 188 g/mol. The zero-order valence-corrected chi connectivity index (χ0v) is 9.83. The van der Waals surface area contributed by atoms with Gasteiger partial charge in [-0.25, -0.2) is 0 Å². The fourth-order valence-corrected chi connectivity index (χ4v) is 1.34. The van der Waals surface area contributed by atoms with E-state index in [9.17, 15) is 4.79 Å². The van der Waals surface area contributed by atoms with Crippen molar-refractivity contribution in [2.75, 3.05) is 6.61 Å². The van der Waals surface area contributed by atoms with Crippen molar-refractivity contribution in [1.29, 1.82) is 0 Å². The minimum atomic E-state index is -0.437. The SMILES string of the molecule is CCOc1cccc(C(C)(C)C(C)=O)c1. The number of carbonyl (C=O) groups excluding carboxylic acids is 1. The van der Waals surface area contributed by atoms with Crippen molar-refractivity contribution < 1.29 is 9.53 Å². The second-order valence-electron chi connectivity index (χ2n) is 4.14. The van der Waals surface area contributed by atoms with Gasteiger partial charge in [-0.05, 0) is 45.4 Å². The first-order valence-corrected chi connectivity index (χ1v) is 5.23. The Balaban J connectivity index is 3.04. The molecule has 0 aliphatic carbocycles. The lowest BCUT2D eigenvalue weighted by Gasteiger charge is -2.22. The summed E-state index contributed by atoms with van der Waals surface area (Å²) >= 11 is 0. The molecule has 0 saturated carbocycles. The van der Waals surface area contributed by atoms with Crippen LogP contribution >= 0.6 is 0 Å². The third-order valence-corrected chi connectivity index (χ3v) is 2.75. The standard InChI is InChI=1S/C13H18O2/c1-5-15-12-8-6-7-11(9-12)13(3,4)10(2)14/h6-9H,5H2,1-4H3. The molecule has 0 aliphatic rings. The van der Waals surface area contributed by atoms with Crippen LogP contribution in [-0.4, -0.2) is 12.4 Å². The van der Waals surface area contributed by atoms with Gasteiger partial charge in [-0.3, -0.25) is 4.79 Å². The fraction of sp³-hybridized carbons (Fsp3) is 0.462. The van der Waals surface area contributed by atoms with Crippen LogP contribution in [0.15, 0.2) is 24.3 Å². The van der Waals surface area contributed by atoms with E-state index in [1.807, 2.05) is 45.0 Å². The maximum Gasteiger partial charge on any atom is 0.139 e. The maximum absolute atomic E-state index is 11.5. The molecule has 1 rings (SSSR count). The summed E-state index contributed by atoms with van der Waals surface area (Å²) in [5, 5.41) is 0. The predicted molar refractivity (Wildman–Crippen MR) is 61.3 cm³/mol. The van der Waals surface area contributed by atoms with Crippen molar-refractivity contribution >= 4 is 5.78 Å². The minimum Gasteiger partial charge on any atom is -0.494 e. The molecule has 0 aromatic heterocycles. The smallest absolute Gasteiger partial charge is 0.139 e. The molecule has 0 saturated heterocycles. The second-order valence-corrected chi connectivity index (χ2v) is 4.14. The second kappa shape index (κ2) is 4.47. The Morgan fingerprint density at radius 3 is 2.60 bits per heavy atom. The topological polar surface area (TPSA) is 26.3 Å². The molecule has 0 N–H and O–H groups in total. The van der Waals surface area contributed by atoms with Gasteiger partial charge in [-0.1, -0.05) is 12.1 Å². The molecule has 0 heterocycles. The van der Waals surface area contributed by atoms with Gasteiger partial charge in [0.1, 0.15) is 11.5 Å². The third kappa shape index (κ3) is 2.58. The van der Waals surface area contributed by atoms with Crippen LogP contribution in [0.5, 0.6) is 5.75 Å². The summed E-state index contributed by atoms with van der Waals surface area (Å²) in [5.41, 5.74) is 0.563. The van der Waals surface area contributed by atoms with Gasteiger partial charge < -0.3 is 4.74 Å². The van der Waals surface area contributed by atoms with E-state index in [0.717, 1.165) is 11.3 Å². The highest BCUT2D eigenvalue weighted by Crippen LogP contribution is 2.27. The van der Waals surface area contributed by atoms with E-state index >= 15 is 0 Å². The number of rotatable bonds is 4. The summed E-state index contributed by atoms with van der Waals surface area (Å²) in [5.74, 6) is 0.987. The molecule has 0 bridgehead atoms. The summed E-state index contributed by atoms with van der Waals surface area (Å²) < 4.78 is 5.41. The lowest BCUT2D eigenvalue weighted by atomic mass is 9.81. The van der Waals surface area contributed by atoms with Gasteiger partial charge in [0.05, 0.1) is 6.61 Å². The fourth-order valence-electron chi connectivity index (χ4n) is 1.34.